The van der Waals surface area contributed by atoms with Gasteiger partial charge in [0.15, 0.2) is 0 Å². The topological polar surface area (TPSA) is 71.3 Å². The Hall–Kier alpha value is -2.47. The largest absolute Gasteiger partial charge is 0.428 e. The van der Waals surface area contributed by atoms with E-state index in [1.807, 2.05) is 0 Å². The van der Waals surface area contributed by atoms with Crippen LogP contribution in [0.4, 0.5) is 0 Å². The number of amides is 2. The van der Waals surface area contributed by atoms with Gasteiger partial charge in [-0.25, -0.2) is 0 Å². The van der Waals surface area contributed by atoms with Crippen molar-refractivity contribution in [1.82, 2.24) is 10.0 Å². The molecule has 1 aliphatic rings. The summed E-state index contributed by atoms with van der Waals surface area (Å²) >= 11 is 4.67. The maximum atomic E-state index is 10.9. The summed E-state index contributed by atoms with van der Waals surface area (Å²) in [5, 5.41) is 10.9. The molecule has 0 atom stereocenters. The molecule has 0 radical (unpaired) electrons. The van der Waals surface area contributed by atoms with Gasteiger partial charge in [-0.3, -0.25) is 14.9 Å². The predicted octanol–water partition coefficient (Wildman–Crippen LogP) is 2.03. The molecule has 0 spiro atoms. The van der Waals surface area contributed by atoms with Crippen molar-refractivity contribution in [3.05, 3.63) is 64.4 Å². The molecule has 2 N–H and O–H groups in total. The number of carbonyl (C=O) groups excluding carboxylic acids is 2. The number of benzene rings is 1. The molecule has 2 amide bonds. The first-order chi connectivity index (χ1) is 9.09. The number of pyridine rings is 1. The summed E-state index contributed by atoms with van der Waals surface area (Å²) in [6.45, 7) is 0. The Balaban J connectivity index is 0.000000148. The average molecular weight is 274 g/mol. The zero-order valence-electron chi connectivity index (χ0n) is 9.74. The SMILES string of the molecule is O=C1NC(=O)c2ccccc21.On1ccccc1=S. The highest BCUT2D eigenvalue weighted by molar-refractivity contribution is 7.71. The quantitative estimate of drug-likeness (QED) is 0.438. The van der Waals surface area contributed by atoms with E-state index in [0.29, 0.717) is 15.8 Å². The lowest BCUT2D eigenvalue weighted by atomic mass is 10.1. The first-order valence-corrected chi connectivity index (χ1v) is 5.82. The maximum absolute atomic E-state index is 10.9. The van der Waals surface area contributed by atoms with Crippen LogP contribution in [-0.4, -0.2) is 21.8 Å². The van der Waals surface area contributed by atoms with Gasteiger partial charge >= 0.3 is 0 Å². The molecule has 2 aromatic rings. The third kappa shape index (κ3) is 2.86. The fourth-order valence-corrected chi connectivity index (χ4v) is 1.68. The fourth-order valence-electron chi connectivity index (χ4n) is 1.54. The molecular formula is C13H10N2O3S. The monoisotopic (exact) mass is 274 g/mol. The Bertz CT molecular complexity index is 661. The second kappa shape index (κ2) is 5.45. The summed E-state index contributed by atoms with van der Waals surface area (Å²) < 4.78 is 1.32. The van der Waals surface area contributed by atoms with Gasteiger partial charge in [-0.1, -0.05) is 30.4 Å². The van der Waals surface area contributed by atoms with Gasteiger partial charge in [0.2, 0.25) is 0 Å². The van der Waals surface area contributed by atoms with Crippen molar-refractivity contribution in [3.63, 3.8) is 0 Å². The number of rotatable bonds is 0. The van der Waals surface area contributed by atoms with Crippen LogP contribution in [0, 0.1) is 4.64 Å². The molecule has 6 heteroatoms. The predicted molar refractivity (Wildman–Crippen MR) is 70.7 cm³/mol. The average Bonchev–Trinajstić information content (AvgIpc) is 2.70. The molecule has 2 heterocycles. The van der Waals surface area contributed by atoms with E-state index in [1.54, 1.807) is 42.5 Å². The lowest BCUT2D eigenvalue weighted by molar-refractivity contribution is 0.0879. The number of imide groups is 1. The van der Waals surface area contributed by atoms with Gasteiger partial charge in [0, 0.05) is 6.20 Å². The summed E-state index contributed by atoms with van der Waals surface area (Å²) in [5.74, 6) is -0.601. The van der Waals surface area contributed by atoms with Crippen LogP contribution in [-0.2, 0) is 0 Å². The molecule has 0 fully saturated rings. The van der Waals surface area contributed by atoms with E-state index in [2.05, 4.69) is 17.5 Å². The first kappa shape index (κ1) is 13.0. The van der Waals surface area contributed by atoms with Crippen LogP contribution >= 0.6 is 12.2 Å². The van der Waals surface area contributed by atoms with Gasteiger partial charge in [-0.2, -0.15) is 4.73 Å². The number of hydrogen-bond donors (Lipinski definition) is 2. The highest BCUT2D eigenvalue weighted by Crippen LogP contribution is 2.13. The molecule has 19 heavy (non-hydrogen) atoms. The summed E-state index contributed by atoms with van der Waals surface area (Å²) in [4.78, 5) is 21.9. The normalized spacial score (nSPS) is 12.2. The van der Waals surface area contributed by atoms with Gasteiger partial charge < -0.3 is 5.21 Å². The Labute approximate surface area is 114 Å². The van der Waals surface area contributed by atoms with Crippen LogP contribution in [0.5, 0.6) is 0 Å². The van der Waals surface area contributed by atoms with E-state index in [1.165, 1.54) is 6.20 Å². The van der Waals surface area contributed by atoms with Crippen LogP contribution in [0.3, 0.4) is 0 Å². The molecule has 3 rings (SSSR count). The second-order valence-electron chi connectivity index (χ2n) is 3.71. The van der Waals surface area contributed by atoms with Crippen LogP contribution in [0.25, 0.3) is 0 Å². The number of nitrogens with one attached hydrogen (secondary N) is 1. The molecule has 1 aliphatic heterocycles. The molecule has 1 aromatic carbocycles. The fraction of sp³-hybridized carbons (Fsp3) is 0. The third-order valence-electron chi connectivity index (χ3n) is 2.45. The van der Waals surface area contributed by atoms with E-state index < -0.39 is 0 Å². The van der Waals surface area contributed by atoms with Crippen molar-refractivity contribution in [2.24, 2.45) is 0 Å². The lowest BCUT2D eigenvalue weighted by Gasteiger charge is -1.90. The van der Waals surface area contributed by atoms with Crippen LogP contribution in [0.2, 0.25) is 0 Å². The van der Waals surface area contributed by atoms with Gasteiger partial charge in [-0.05, 0) is 24.3 Å². The first-order valence-electron chi connectivity index (χ1n) is 5.41. The zero-order chi connectivity index (χ0) is 13.8. The molecule has 0 aliphatic carbocycles. The highest BCUT2D eigenvalue weighted by atomic mass is 32.1. The van der Waals surface area contributed by atoms with Gasteiger partial charge in [0.25, 0.3) is 11.8 Å². The minimum Gasteiger partial charge on any atom is -0.428 e. The molecule has 96 valence electrons. The van der Waals surface area contributed by atoms with Crippen molar-refractivity contribution in [3.8, 4) is 0 Å². The van der Waals surface area contributed by atoms with E-state index >= 15 is 0 Å². The van der Waals surface area contributed by atoms with Crippen molar-refractivity contribution < 1.29 is 14.8 Å². The molecule has 1 aromatic heterocycles. The van der Waals surface area contributed by atoms with E-state index in [0.717, 1.165) is 4.73 Å². The Morgan fingerprint density at radius 1 is 0.947 bits per heavy atom. The minimum absolute atomic E-state index is 0.300. The lowest BCUT2D eigenvalue weighted by Crippen LogP contribution is -2.19. The number of aromatic nitrogens is 1. The Kier molecular flexibility index (Phi) is 3.72. The summed E-state index contributed by atoms with van der Waals surface area (Å²) in [6.07, 6.45) is 1.49. The maximum Gasteiger partial charge on any atom is 0.258 e. The molecule has 0 unspecified atom stereocenters. The van der Waals surface area contributed by atoms with E-state index in [4.69, 9.17) is 5.21 Å². The summed E-state index contributed by atoms with van der Waals surface area (Å²) in [5.41, 5.74) is 0.940. The van der Waals surface area contributed by atoms with Gasteiger partial charge in [0.1, 0.15) is 4.64 Å². The number of nitrogens with zero attached hydrogens (tertiary/aromatic N) is 1. The number of carbonyl (C=O) groups is 2. The smallest absolute Gasteiger partial charge is 0.258 e. The molecule has 5 nitrogen and oxygen atoms in total. The molecule has 0 bridgehead atoms. The van der Waals surface area contributed by atoms with Gasteiger partial charge in [0.05, 0.1) is 11.1 Å². The van der Waals surface area contributed by atoms with Gasteiger partial charge in [-0.15, -0.1) is 0 Å². The summed E-state index contributed by atoms with van der Waals surface area (Å²) in [6, 6.07) is 11.9. The van der Waals surface area contributed by atoms with Crippen molar-refractivity contribution in [2.75, 3.05) is 0 Å². The molecular weight excluding hydrogens is 264 g/mol. The second-order valence-corrected chi connectivity index (χ2v) is 4.13. The third-order valence-corrected chi connectivity index (χ3v) is 2.77. The Morgan fingerprint density at radius 3 is 1.89 bits per heavy atom. The molecule has 0 saturated heterocycles. The van der Waals surface area contributed by atoms with Crippen LogP contribution < -0.4 is 5.32 Å². The summed E-state index contributed by atoms with van der Waals surface area (Å²) in [7, 11) is 0. The molecule has 0 saturated carbocycles. The van der Waals surface area contributed by atoms with Crippen molar-refractivity contribution >= 4 is 24.0 Å². The van der Waals surface area contributed by atoms with Crippen LogP contribution in [0.15, 0.2) is 48.7 Å². The van der Waals surface area contributed by atoms with Crippen molar-refractivity contribution in [2.45, 2.75) is 0 Å². The minimum atomic E-state index is -0.300. The standard InChI is InChI=1S/C8H5NO2.C5H5NOS/c10-7-5-3-1-2-4-6(5)8(11)9-7;7-6-4-2-1-3-5(6)8/h1-4H,(H,9,10,11);1-4,7H. The van der Waals surface area contributed by atoms with Crippen LogP contribution in [0.1, 0.15) is 20.7 Å². The Morgan fingerprint density at radius 2 is 1.47 bits per heavy atom. The van der Waals surface area contributed by atoms with Crippen molar-refractivity contribution in [1.29, 1.82) is 0 Å². The van der Waals surface area contributed by atoms with E-state index in [-0.39, 0.29) is 11.8 Å². The van der Waals surface area contributed by atoms with E-state index in [9.17, 15) is 9.59 Å². The number of fused-ring (bicyclic) bond motifs is 1. The zero-order valence-corrected chi connectivity index (χ0v) is 10.6. The number of hydrogen-bond acceptors (Lipinski definition) is 4. The highest BCUT2D eigenvalue weighted by Gasteiger charge is 2.25.